The number of anilines is 6. The van der Waals surface area contributed by atoms with Crippen molar-refractivity contribution >= 4 is 99.3 Å². The van der Waals surface area contributed by atoms with Crippen molar-refractivity contribution in [3.8, 4) is 100 Å². The van der Waals surface area contributed by atoms with Crippen molar-refractivity contribution < 1.29 is 0 Å². The maximum Gasteiger partial charge on any atom is 0.0547 e. The molecule has 0 spiro atoms. The first-order chi connectivity index (χ1) is 69.3. The molecule has 0 fully saturated rings. The molecular weight excluding hydrogens is 1740 g/mol. The second-order valence-electron chi connectivity index (χ2n) is 45.5. The smallest absolute Gasteiger partial charge is 0.0547 e. The van der Waals surface area contributed by atoms with Gasteiger partial charge in [-0.1, -0.05) is 457 Å². The van der Waals surface area contributed by atoms with Gasteiger partial charge in [0.25, 0.3) is 0 Å². The molecule has 0 aliphatic heterocycles. The zero-order valence-corrected chi connectivity index (χ0v) is 86.1. The number of nitrogens with zero attached hydrogens (tertiary/aromatic N) is 4. The molecule has 22 rings (SSSR count). The molecule has 0 N–H and O–H groups in total. The average Bonchev–Trinajstić information content (AvgIpc) is 1.57. The molecule has 0 unspecified atom stereocenters. The first kappa shape index (κ1) is 93.1. The maximum atomic E-state index is 2.57. The van der Waals surface area contributed by atoms with Crippen LogP contribution in [-0.4, -0.2) is 9.13 Å². The number of benzene rings is 20. The molecule has 0 radical (unpaired) electrons. The summed E-state index contributed by atoms with van der Waals surface area (Å²) in [6.45, 7) is 40.0. The lowest BCUT2D eigenvalue weighted by Crippen LogP contribution is -2.22. The molecule has 144 heavy (non-hydrogen) atoms. The number of para-hydroxylation sites is 5. The van der Waals surface area contributed by atoms with Gasteiger partial charge in [0.15, 0.2) is 0 Å². The lowest BCUT2D eigenvalue weighted by molar-refractivity contribution is 0.518. The van der Waals surface area contributed by atoms with Crippen LogP contribution >= 0.6 is 0 Å². The van der Waals surface area contributed by atoms with E-state index in [1.54, 1.807) is 0 Å². The quantitative estimate of drug-likeness (QED) is 0.0802. The lowest BCUT2D eigenvalue weighted by Gasteiger charge is -2.32. The second-order valence-corrected chi connectivity index (χ2v) is 45.5. The Morgan fingerprint density at radius 1 is 0.188 bits per heavy atom. The highest BCUT2D eigenvalue weighted by Gasteiger charge is 2.33. The van der Waals surface area contributed by atoms with E-state index in [1.807, 2.05) is 0 Å². The highest BCUT2D eigenvalue weighted by molar-refractivity contribution is 6.17. The Bertz CT molecular complexity index is 8620. The zero-order valence-electron chi connectivity index (χ0n) is 86.1. The Kier molecular flexibility index (Phi) is 23.6. The summed E-state index contributed by atoms with van der Waals surface area (Å²) in [5, 5.41) is 9.73. The Morgan fingerprint density at radius 3 is 1.08 bits per heavy atom. The number of rotatable bonds is 19. The Labute approximate surface area is 850 Å². The molecule has 0 saturated carbocycles. The van der Waals surface area contributed by atoms with Crippen LogP contribution in [0.5, 0.6) is 0 Å². The molecule has 20 aromatic carbocycles. The Balaban J connectivity index is 0.644. The number of aromatic nitrogens is 2. The third-order valence-electron chi connectivity index (χ3n) is 30.0. The largest absolute Gasteiger partial charge is 0.309 e. The number of fused-ring (bicyclic) bond motifs is 8. The van der Waals surface area contributed by atoms with Gasteiger partial charge in [-0.05, 0) is 269 Å². The zero-order chi connectivity index (χ0) is 99.5. The average molecular weight is 1860 g/mol. The molecule has 0 aliphatic rings. The van der Waals surface area contributed by atoms with Crippen molar-refractivity contribution in [3.63, 3.8) is 0 Å². The first-order valence-corrected chi connectivity index (χ1v) is 51.3. The van der Waals surface area contributed by atoms with Crippen molar-refractivity contribution in [2.24, 2.45) is 0 Å². The van der Waals surface area contributed by atoms with Crippen molar-refractivity contribution in [1.82, 2.24) is 9.13 Å². The van der Waals surface area contributed by atoms with Crippen molar-refractivity contribution in [1.29, 1.82) is 0 Å². The normalized spacial score (nSPS) is 12.4. The van der Waals surface area contributed by atoms with Gasteiger partial charge < -0.3 is 18.9 Å². The molecule has 22 aromatic rings. The monoisotopic (exact) mass is 1860 g/mol. The second kappa shape index (κ2) is 36.6. The number of hydrogen-bond acceptors (Lipinski definition) is 2. The van der Waals surface area contributed by atoms with Crippen LogP contribution < -0.4 is 9.80 Å². The minimum atomic E-state index is -0.329. The number of hydrogen-bond donors (Lipinski definition) is 0. The van der Waals surface area contributed by atoms with Gasteiger partial charge in [-0.2, -0.15) is 0 Å². The van der Waals surface area contributed by atoms with Crippen LogP contribution in [0.3, 0.4) is 0 Å². The molecule has 4 heteroatoms. The van der Waals surface area contributed by atoms with E-state index < -0.39 is 0 Å². The van der Waals surface area contributed by atoms with Crippen molar-refractivity contribution in [2.45, 2.75) is 157 Å². The Morgan fingerprint density at radius 2 is 0.576 bits per heavy atom. The molecule has 2 heterocycles. The summed E-state index contributed by atoms with van der Waals surface area (Å²) in [6, 6.07) is 168. The van der Waals surface area contributed by atoms with E-state index in [-0.39, 0.29) is 32.5 Å². The summed E-state index contributed by atoms with van der Waals surface area (Å²) in [6.07, 6.45) is 0.805. The van der Waals surface area contributed by atoms with Gasteiger partial charge in [-0.25, -0.2) is 0 Å². The summed E-state index contributed by atoms with van der Waals surface area (Å²) < 4.78 is 4.91. The topological polar surface area (TPSA) is 16.3 Å². The van der Waals surface area contributed by atoms with E-state index >= 15 is 0 Å². The van der Waals surface area contributed by atoms with Gasteiger partial charge in [0, 0.05) is 66.5 Å². The third-order valence-corrected chi connectivity index (χ3v) is 30.0. The van der Waals surface area contributed by atoms with Crippen LogP contribution in [0.15, 0.2) is 443 Å². The fourth-order valence-electron chi connectivity index (χ4n) is 22.1. The van der Waals surface area contributed by atoms with E-state index in [0.29, 0.717) is 0 Å². The SMILES string of the molecule is CC(C)(C)c1cc(-c2cccc3cccc(-c4ccccc4N(c4ccc(-c5ccc6c7cc(CC(C)(C)c8cc(-c9cccc%10cccc(-c%11ccccc%11N(c%11cccc(-c%12cccc%13c%12c%12ccccc%12n%13-c%12ccccc%12)c%11)c%11cc(C(C)(C)C)ccc%11-c%11ccccc%11)c9%10)cc(C(C)(C)C)c8)ccc7n(-c7ccccc7)c6c5)cc4)c4cc(C(C)(C)C)ccc4-c4ccccc4)c23)cc(C(C)(C)C)c1. The molecule has 0 bridgehead atoms. The van der Waals surface area contributed by atoms with E-state index in [9.17, 15) is 0 Å². The minimum absolute atomic E-state index is 0.0560. The molecular formula is C140H126N4. The molecule has 0 aliphatic carbocycles. The lowest BCUT2D eigenvalue weighted by atomic mass is 9.75. The van der Waals surface area contributed by atoms with Crippen LogP contribution in [0.4, 0.5) is 34.1 Å². The minimum Gasteiger partial charge on any atom is -0.309 e. The van der Waals surface area contributed by atoms with Crippen LogP contribution in [0.2, 0.25) is 0 Å². The van der Waals surface area contributed by atoms with Crippen LogP contribution in [0, 0.1) is 0 Å². The summed E-state index contributed by atoms with van der Waals surface area (Å²) in [7, 11) is 0. The summed E-state index contributed by atoms with van der Waals surface area (Å²) in [5.74, 6) is 0. The standard InChI is InChI=1S/C140H126N4/c1-135(2,3)102-72-77-112(94-42-22-18-23-43-94)130(89-102)143(124-64-33-30-56-117(124)120-62-39-48-96-46-37-59-115(132(96)120)100-81-104(137(7,8)9)87-105(82-100)138(10,11)12)110-74-69-93(70-75-110)98-71-76-119-123-80-92(68-79-127(123)142(129(119)86-98)109-53-28-21-29-54-109)91-140(16,17)107-84-101(83-106(88-107)139(13,14)15)116-60-38-47-97-49-40-63-121(133(97)116)118-57-31-34-65-125(118)144(131-90-103(136(4,5)6)73-78-113(131)95-44-24-19-25-45-95)111-55-36-50-99(85-111)114-61-41-67-128-134(114)122-58-32-35-66-126(122)141(128)108-51-26-20-27-52-108/h18-90H,91H2,1-17H3. The molecule has 706 valence electrons. The molecule has 2 aromatic heterocycles. The highest BCUT2D eigenvalue weighted by Crippen LogP contribution is 2.55. The van der Waals surface area contributed by atoms with Gasteiger partial charge in [-0.3, -0.25) is 0 Å². The predicted molar refractivity (Wildman–Crippen MR) is 620 cm³/mol. The molecule has 4 nitrogen and oxygen atoms in total. The maximum absolute atomic E-state index is 2.57. The van der Waals surface area contributed by atoms with E-state index in [1.165, 1.54) is 132 Å². The molecule has 0 amide bonds. The Hall–Kier alpha value is -15.9. The molecule has 0 saturated heterocycles. The van der Waals surface area contributed by atoms with Gasteiger partial charge >= 0.3 is 0 Å². The van der Waals surface area contributed by atoms with Crippen LogP contribution in [0.1, 0.15) is 157 Å². The predicted octanol–water partition coefficient (Wildman–Crippen LogP) is 39.5. The van der Waals surface area contributed by atoms with Gasteiger partial charge in [0.05, 0.1) is 44.8 Å². The highest BCUT2D eigenvalue weighted by atomic mass is 15.2. The van der Waals surface area contributed by atoms with Crippen molar-refractivity contribution in [2.75, 3.05) is 9.80 Å². The van der Waals surface area contributed by atoms with Crippen LogP contribution in [-0.2, 0) is 38.9 Å². The van der Waals surface area contributed by atoms with Gasteiger partial charge in [-0.15, -0.1) is 0 Å². The van der Waals surface area contributed by atoms with Crippen LogP contribution in [0.25, 0.3) is 166 Å². The van der Waals surface area contributed by atoms with E-state index in [4.69, 9.17) is 0 Å². The fourth-order valence-corrected chi connectivity index (χ4v) is 22.1. The summed E-state index contributed by atoms with van der Waals surface area (Å²) in [5.41, 5.74) is 40.3. The summed E-state index contributed by atoms with van der Waals surface area (Å²) in [4.78, 5) is 5.12. The third kappa shape index (κ3) is 17.5. The van der Waals surface area contributed by atoms with Gasteiger partial charge in [0.1, 0.15) is 0 Å². The van der Waals surface area contributed by atoms with Crippen molar-refractivity contribution in [3.05, 3.63) is 482 Å². The van der Waals surface area contributed by atoms with Gasteiger partial charge in [0.2, 0.25) is 0 Å². The fraction of sp³-hybridized carbons (Fsp3) is 0.171. The van der Waals surface area contributed by atoms with E-state index in [2.05, 4.69) is 579 Å². The molecule has 0 atom stereocenters. The van der Waals surface area contributed by atoms with E-state index in [0.717, 1.165) is 113 Å². The first-order valence-electron chi connectivity index (χ1n) is 51.3. The summed E-state index contributed by atoms with van der Waals surface area (Å²) >= 11 is 0.